The number of carbonyl (C=O) groups is 1. The van der Waals surface area contributed by atoms with E-state index in [9.17, 15) is 18.0 Å². The van der Waals surface area contributed by atoms with Crippen LogP contribution in [0.25, 0.3) is 0 Å². The molecule has 1 aliphatic heterocycles. The van der Waals surface area contributed by atoms with Gasteiger partial charge in [0.1, 0.15) is 5.78 Å². The van der Waals surface area contributed by atoms with Gasteiger partial charge >= 0.3 is 6.18 Å². The molecule has 2 rings (SSSR count). The van der Waals surface area contributed by atoms with E-state index in [1.165, 1.54) is 19.1 Å². The Morgan fingerprint density at radius 2 is 2.11 bits per heavy atom. The molecule has 0 bridgehead atoms. The second kappa shape index (κ2) is 4.87. The number of hydrogen-bond donors (Lipinski definition) is 0. The summed E-state index contributed by atoms with van der Waals surface area (Å²) in [5, 5.41) is 0. The molecule has 0 saturated carbocycles. The molecule has 104 valence electrons. The summed E-state index contributed by atoms with van der Waals surface area (Å²) in [5.74, 6) is 0.0623. The van der Waals surface area contributed by atoms with Gasteiger partial charge in [0.25, 0.3) is 0 Å². The molecule has 5 heteroatoms. The van der Waals surface area contributed by atoms with Crippen LogP contribution in [0.5, 0.6) is 0 Å². The SMILES string of the molecule is CCN1c2ccc(C(F)(F)F)cc2CC1CC(C)=O. The third kappa shape index (κ3) is 2.74. The van der Waals surface area contributed by atoms with Gasteiger partial charge < -0.3 is 4.90 Å². The maximum absolute atomic E-state index is 12.7. The molecule has 0 amide bonds. The molecule has 1 aliphatic rings. The number of benzene rings is 1. The predicted molar refractivity (Wildman–Crippen MR) is 67.3 cm³/mol. The minimum absolute atomic E-state index is 0.0130. The van der Waals surface area contributed by atoms with Crippen molar-refractivity contribution in [3.8, 4) is 0 Å². The standard InChI is InChI=1S/C14H16F3NO/c1-3-18-12(6-9(2)19)8-10-7-11(14(15,16)17)4-5-13(10)18/h4-5,7,12H,3,6,8H2,1-2H3. The zero-order valence-electron chi connectivity index (χ0n) is 10.9. The van der Waals surface area contributed by atoms with Gasteiger partial charge in [-0.1, -0.05) is 0 Å². The highest BCUT2D eigenvalue weighted by molar-refractivity contribution is 5.77. The summed E-state index contributed by atoms with van der Waals surface area (Å²) in [6.45, 7) is 4.15. The Labute approximate surface area is 110 Å². The van der Waals surface area contributed by atoms with Crippen LogP contribution in [0.15, 0.2) is 18.2 Å². The van der Waals surface area contributed by atoms with Crippen molar-refractivity contribution in [2.45, 2.75) is 38.9 Å². The number of fused-ring (bicyclic) bond motifs is 1. The highest BCUT2D eigenvalue weighted by Gasteiger charge is 2.34. The van der Waals surface area contributed by atoms with Crippen molar-refractivity contribution in [3.63, 3.8) is 0 Å². The minimum atomic E-state index is -4.31. The summed E-state index contributed by atoms with van der Waals surface area (Å²) in [7, 11) is 0. The molecule has 19 heavy (non-hydrogen) atoms. The van der Waals surface area contributed by atoms with Crippen molar-refractivity contribution in [2.24, 2.45) is 0 Å². The average Bonchev–Trinajstić information content (AvgIpc) is 2.62. The lowest BCUT2D eigenvalue weighted by Gasteiger charge is -2.25. The lowest BCUT2D eigenvalue weighted by molar-refractivity contribution is -0.137. The summed E-state index contributed by atoms with van der Waals surface area (Å²) in [6, 6.07) is 3.82. The van der Waals surface area contributed by atoms with Gasteiger partial charge in [0.2, 0.25) is 0 Å². The first-order valence-corrected chi connectivity index (χ1v) is 6.29. The van der Waals surface area contributed by atoms with Crippen molar-refractivity contribution in [1.29, 1.82) is 0 Å². The molecule has 1 heterocycles. The number of nitrogens with zero attached hydrogens (tertiary/aromatic N) is 1. The number of ketones is 1. The Kier molecular flexibility index (Phi) is 3.56. The number of carbonyl (C=O) groups excluding carboxylic acids is 1. The van der Waals surface area contributed by atoms with Crippen LogP contribution in [0.1, 0.15) is 31.4 Å². The number of Topliss-reactive ketones (excluding diaryl/α,β-unsaturated/α-hetero) is 1. The summed E-state index contributed by atoms with van der Waals surface area (Å²) < 4.78 is 38.0. The Balaban J connectivity index is 2.32. The quantitative estimate of drug-likeness (QED) is 0.839. The van der Waals surface area contributed by atoms with Crippen LogP contribution in [0, 0.1) is 0 Å². The number of rotatable bonds is 3. The fraction of sp³-hybridized carbons (Fsp3) is 0.500. The van der Waals surface area contributed by atoms with Crippen molar-refractivity contribution in [1.82, 2.24) is 0 Å². The molecular weight excluding hydrogens is 255 g/mol. The van der Waals surface area contributed by atoms with Crippen molar-refractivity contribution >= 4 is 11.5 Å². The first kappa shape index (κ1) is 13.9. The molecule has 1 aromatic rings. The van der Waals surface area contributed by atoms with E-state index in [-0.39, 0.29) is 11.8 Å². The van der Waals surface area contributed by atoms with Crippen molar-refractivity contribution in [3.05, 3.63) is 29.3 Å². The summed E-state index contributed by atoms with van der Waals surface area (Å²) in [6.07, 6.45) is -3.43. The molecule has 0 N–H and O–H groups in total. The predicted octanol–water partition coefficient (Wildman–Crippen LogP) is 3.44. The molecule has 0 fully saturated rings. The Morgan fingerprint density at radius 3 is 2.63 bits per heavy atom. The van der Waals surface area contributed by atoms with Gasteiger partial charge in [0.05, 0.1) is 5.56 Å². The largest absolute Gasteiger partial charge is 0.416 e. The number of likely N-dealkylation sites (N-methyl/N-ethyl adjacent to an activating group) is 1. The highest BCUT2D eigenvalue weighted by atomic mass is 19.4. The van der Waals surface area contributed by atoms with E-state index in [1.807, 2.05) is 11.8 Å². The van der Waals surface area contributed by atoms with Gasteiger partial charge in [-0.3, -0.25) is 4.79 Å². The Hall–Kier alpha value is -1.52. The molecule has 0 radical (unpaired) electrons. The van der Waals surface area contributed by atoms with E-state index in [4.69, 9.17) is 0 Å². The topological polar surface area (TPSA) is 20.3 Å². The van der Waals surface area contributed by atoms with E-state index >= 15 is 0 Å². The van der Waals surface area contributed by atoms with E-state index in [0.717, 1.165) is 11.8 Å². The Bertz CT molecular complexity index is 496. The van der Waals surface area contributed by atoms with Gasteiger partial charge in [0.15, 0.2) is 0 Å². The maximum Gasteiger partial charge on any atom is 0.416 e. The van der Waals surface area contributed by atoms with E-state index < -0.39 is 11.7 Å². The number of hydrogen-bond acceptors (Lipinski definition) is 2. The third-order valence-corrected chi connectivity index (χ3v) is 3.48. The van der Waals surface area contributed by atoms with Gasteiger partial charge in [-0.25, -0.2) is 0 Å². The summed E-state index contributed by atoms with van der Waals surface area (Å²) in [5.41, 5.74) is 0.885. The van der Waals surface area contributed by atoms with Crippen LogP contribution in [-0.2, 0) is 17.4 Å². The lowest BCUT2D eigenvalue weighted by Crippen LogP contribution is -2.33. The molecule has 0 aromatic heterocycles. The van der Waals surface area contributed by atoms with Gasteiger partial charge in [-0.15, -0.1) is 0 Å². The molecule has 1 atom stereocenters. The van der Waals surface area contributed by atoms with Crippen LogP contribution >= 0.6 is 0 Å². The van der Waals surface area contributed by atoms with Crippen molar-refractivity contribution < 1.29 is 18.0 Å². The zero-order chi connectivity index (χ0) is 14.2. The second-order valence-corrected chi connectivity index (χ2v) is 4.89. The van der Waals surface area contributed by atoms with Crippen LogP contribution in [0.2, 0.25) is 0 Å². The van der Waals surface area contributed by atoms with Crippen molar-refractivity contribution in [2.75, 3.05) is 11.4 Å². The van der Waals surface area contributed by atoms with Gasteiger partial charge in [-0.05, 0) is 44.0 Å². The number of alkyl halides is 3. The van der Waals surface area contributed by atoms with E-state index in [1.54, 1.807) is 0 Å². The number of anilines is 1. The molecule has 1 aromatic carbocycles. The van der Waals surface area contributed by atoms with E-state index in [2.05, 4.69) is 0 Å². The molecule has 0 aliphatic carbocycles. The van der Waals surface area contributed by atoms with Gasteiger partial charge in [-0.2, -0.15) is 13.2 Å². The van der Waals surface area contributed by atoms with Gasteiger partial charge in [0, 0.05) is 24.7 Å². The molecule has 1 unspecified atom stereocenters. The molecular formula is C14H16F3NO. The fourth-order valence-electron chi connectivity index (χ4n) is 2.71. The maximum atomic E-state index is 12.7. The van der Waals surface area contributed by atoms with E-state index in [0.29, 0.717) is 24.9 Å². The number of halogens is 3. The fourth-order valence-corrected chi connectivity index (χ4v) is 2.71. The minimum Gasteiger partial charge on any atom is -0.368 e. The monoisotopic (exact) mass is 271 g/mol. The first-order chi connectivity index (χ1) is 8.82. The summed E-state index contributed by atoms with van der Waals surface area (Å²) in [4.78, 5) is 13.2. The third-order valence-electron chi connectivity index (χ3n) is 3.48. The molecule has 0 spiro atoms. The second-order valence-electron chi connectivity index (χ2n) is 4.89. The average molecular weight is 271 g/mol. The smallest absolute Gasteiger partial charge is 0.368 e. The molecule has 0 saturated heterocycles. The zero-order valence-corrected chi connectivity index (χ0v) is 10.9. The van der Waals surface area contributed by atoms with Crippen LogP contribution in [-0.4, -0.2) is 18.4 Å². The normalized spacial score (nSPS) is 18.6. The van der Waals surface area contributed by atoms with Crippen LogP contribution in [0.3, 0.4) is 0 Å². The lowest BCUT2D eigenvalue weighted by atomic mass is 10.0. The van der Waals surface area contributed by atoms with Crippen LogP contribution in [0.4, 0.5) is 18.9 Å². The van der Waals surface area contributed by atoms with Crippen LogP contribution < -0.4 is 4.90 Å². The summed E-state index contributed by atoms with van der Waals surface area (Å²) >= 11 is 0. The first-order valence-electron chi connectivity index (χ1n) is 6.29. The molecule has 2 nitrogen and oxygen atoms in total. The highest BCUT2D eigenvalue weighted by Crippen LogP contribution is 2.38. The Morgan fingerprint density at radius 1 is 1.42 bits per heavy atom.